The van der Waals surface area contributed by atoms with Crippen LogP contribution in [0, 0.1) is 6.92 Å². The molecule has 198 valence electrons. The van der Waals surface area contributed by atoms with Crippen LogP contribution < -0.4 is 10.2 Å². The second-order valence-electron chi connectivity index (χ2n) is 10.7. The molecule has 1 aliphatic carbocycles. The summed E-state index contributed by atoms with van der Waals surface area (Å²) in [4.78, 5) is 28.1. The van der Waals surface area contributed by atoms with E-state index in [1.54, 1.807) is 4.90 Å². The van der Waals surface area contributed by atoms with E-state index in [9.17, 15) is 4.79 Å². The first-order valence-electron chi connectivity index (χ1n) is 13.8. The zero-order valence-corrected chi connectivity index (χ0v) is 22.9. The predicted octanol–water partition coefficient (Wildman–Crippen LogP) is 5.90. The lowest BCUT2D eigenvalue weighted by Gasteiger charge is -2.33. The number of carbonyl (C=O) groups is 1. The van der Waals surface area contributed by atoms with E-state index in [4.69, 9.17) is 21.6 Å². The predicted molar refractivity (Wildman–Crippen MR) is 153 cm³/mol. The fraction of sp³-hybridized carbons (Fsp3) is 0.433. The number of halogens is 1. The Morgan fingerprint density at radius 2 is 1.84 bits per heavy atom. The average molecular weight is 531 g/mol. The zero-order valence-electron chi connectivity index (χ0n) is 22.2. The van der Waals surface area contributed by atoms with Crippen molar-refractivity contribution in [1.82, 2.24) is 14.5 Å². The van der Waals surface area contributed by atoms with E-state index in [1.165, 1.54) is 24.8 Å². The minimum absolute atomic E-state index is 0.0414. The van der Waals surface area contributed by atoms with Gasteiger partial charge in [-0.3, -0.25) is 19.2 Å². The number of guanidine groups is 1. The Bertz CT molecular complexity index is 1360. The van der Waals surface area contributed by atoms with Crippen LogP contribution >= 0.6 is 11.6 Å². The van der Waals surface area contributed by atoms with Gasteiger partial charge in [-0.1, -0.05) is 73.3 Å². The summed E-state index contributed by atoms with van der Waals surface area (Å²) in [6.07, 6.45) is 6.80. The molecule has 1 amide bonds. The molecule has 3 aliphatic rings. The molecule has 2 aromatic carbocycles. The first kappa shape index (κ1) is 25.0. The minimum atomic E-state index is -0.0414. The Labute approximate surface area is 229 Å². The lowest BCUT2D eigenvalue weighted by atomic mass is 9.96. The van der Waals surface area contributed by atoms with Crippen LogP contribution in [0.4, 0.5) is 11.8 Å². The molecule has 1 N–H and O–H groups in total. The van der Waals surface area contributed by atoms with Gasteiger partial charge < -0.3 is 5.32 Å². The van der Waals surface area contributed by atoms with Crippen molar-refractivity contribution in [2.45, 2.75) is 71.0 Å². The smallest absolute Gasteiger partial charge is 0.281 e. The maximum absolute atomic E-state index is 14.0. The number of nitrogens with one attached hydrogen (secondary N) is 1. The molecule has 6 rings (SSSR count). The van der Waals surface area contributed by atoms with Gasteiger partial charge in [-0.25, -0.2) is 4.99 Å². The first-order valence-corrected chi connectivity index (χ1v) is 14.2. The van der Waals surface area contributed by atoms with Crippen LogP contribution in [0.2, 0.25) is 5.02 Å². The molecule has 0 saturated heterocycles. The number of aromatic nitrogens is 2. The van der Waals surface area contributed by atoms with E-state index >= 15 is 0 Å². The Balaban J connectivity index is 1.39. The summed E-state index contributed by atoms with van der Waals surface area (Å²) in [6.45, 7) is 5.80. The van der Waals surface area contributed by atoms with Crippen LogP contribution in [-0.2, 0) is 13.0 Å². The first-order chi connectivity index (χ1) is 18.5. The fourth-order valence-electron chi connectivity index (χ4n) is 5.91. The second-order valence-corrected chi connectivity index (χ2v) is 11.1. The largest absolute Gasteiger partial charge is 0.353 e. The van der Waals surface area contributed by atoms with Gasteiger partial charge in [0.15, 0.2) is 11.5 Å². The highest BCUT2D eigenvalue weighted by Crippen LogP contribution is 2.36. The third-order valence-electron chi connectivity index (χ3n) is 7.97. The van der Waals surface area contributed by atoms with Crippen molar-refractivity contribution in [3.8, 4) is 0 Å². The second kappa shape index (κ2) is 10.4. The molecule has 38 heavy (non-hydrogen) atoms. The highest BCUT2D eigenvalue weighted by Gasteiger charge is 2.43. The Morgan fingerprint density at radius 1 is 1.05 bits per heavy atom. The highest BCUT2D eigenvalue weighted by molar-refractivity contribution is 6.31. The molecular weight excluding hydrogens is 496 g/mol. The quantitative estimate of drug-likeness (QED) is 0.413. The van der Waals surface area contributed by atoms with E-state index < -0.39 is 0 Å². The lowest BCUT2D eigenvalue weighted by molar-refractivity contribution is 0.0836. The van der Waals surface area contributed by atoms with Crippen LogP contribution in [0.15, 0.2) is 53.5 Å². The Morgan fingerprint density at radius 3 is 2.58 bits per heavy atom. The number of amides is 1. The number of hydrogen-bond acceptors (Lipinski definition) is 5. The monoisotopic (exact) mass is 530 g/mol. The number of benzene rings is 2. The molecule has 0 unspecified atom stereocenters. The molecular formula is C30H35ClN6O. The van der Waals surface area contributed by atoms with Gasteiger partial charge in [0.1, 0.15) is 0 Å². The number of nitrogens with zero attached hydrogens (tertiary/aromatic N) is 5. The number of hydrogen-bond donors (Lipinski definition) is 1. The number of imidazole rings is 1. The van der Waals surface area contributed by atoms with E-state index in [1.807, 2.05) is 32.0 Å². The van der Waals surface area contributed by atoms with Gasteiger partial charge in [-0.05, 0) is 55.9 Å². The minimum Gasteiger partial charge on any atom is -0.353 e. The highest BCUT2D eigenvalue weighted by atomic mass is 35.5. The molecule has 0 radical (unpaired) electrons. The number of rotatable bonds is 7. The Kier molecular flexibility index (Phi) is 6.87. The molecule has 1 fully saturated rings. The molecule has 7 nitrogen and oxygen atoms in total. The van der Waals surface area contributed by atoms with Crippen molar-refractivity contribution < 1.29 is 4.79 Å². The van der Waals surface area contributed by atoms with Crippen molar-refractivity contribution in [3.63, 3.8) is 0 Å². The van der Waals surface area contributed by atoms with Gasteiger partial charge >= 0.3 is 0 Å². The molecule has 1 atom stereocenters. The molecule has 1 aromatic heterocycles. The van der Waals surface area contributed by atoms with E-state index in [0.717, 1.165) is 47.3 Å². The molecule has 3 heterocycles. The van der Waals surface area contributed by atoms with Crippen molar-refractivity contribution in [2.24, 2.45) is 4.99 Å². The average Bonchev–Trinajstić information content (AvgIpc) is 3.49. The van der Waals surface area contributed by atoms with Crippen LogP contribution in [0.1, 0.15) is 66.2 Å². The number of anilines is 2. The van der Waals surface area contributed by atoms with Crippen molar-refractivity contribution >= 4 is 35.2 Å². The third-order valence-corrected chi connectivity index (χ3v) is 8.38. The van der Waals surface area contributed by atoms with Crippen molar-refractivity contribution in [2.75, 3.05) is 23.3 Å². The normalized spacial score (nSPS) is 19.4. The summed E-state index contributed by atoms with van der Waals surface area (Å²) in [5.41, 5.74) is 3.96. The Hall–Kier alpha value is -3.32. The molecule has 0 bridgehead atoms. The van der Waals surface area contributed by atoms with Crippen LogP contribution in [0.3, 0.4) is 0 Å². The SMILES string of the molecule is CCN1C(=O)c2c(nc(NC3CCCCC3)n2Cc2ccc(C)c(Cl)c2)N2C[C@@H](Cc3ccccc3)N=C12. The van der Waals surface area contributed by atoms with Gasteiger partial charge in [0.2, 0.25) is 11.9 Å². The third kappa shape index (κ3) is 4.68. The van der Waals surface area contributed by atoms with E-state index in [-0.39, 0.29) is 11.9 Å². The van der Waals surface area contributed by atoms with Crippen LogP contribution in [-0.4, -0.2) is 51.5 Å². The van der Waals surface area contributed by atoms with E-state index in [2.05, 4.69) is 45.1 Å². The van der Waals surface area contributed by atoms with Gasteiger partial charge in [-0.2, -0.15) is 4.98 Å². The summed E-state index contributed by atoms with van der Waals surface area (Å²) in [5, 5.41) is 4.45. The van der Waals surface area contributed by atoms with Crippen molar-refractivity contribution in [3.05, 3.63) is 75.9 Å². The zero-order chi connectivity index (χ0) is 26.2. The maximum atomic E-state index is 14.0. The summed E-state index contributed by atoms with van der Waals surface area (Å²) >= 11 is 6.48. The van der Waals surface area contributed by atoms with E-state index in [0.29, 0.717) is 37.2 Å². The summed E-state index contributed by atoms with van der Waals surface area (Å²) < 4.78 is 2.07. The van der Waals surface area contributed by atoms with Gasteiger partial charge in [0.05, 0.1) is 19.1 Å². The number of fused-ring (bicyclic) bond motifs is 3. The fourth-order valence-corrected chi connectivity index (χ4v) is 6.12. The summed E-state index contributed by atoms with van der Waals surface area (Å²) in [5.74, 6) is 2.15. The standard InChI is InChI=1S/C30H35ClN6O/c1-3-35-28(38)26-27(37-19-24(33-30(35)37)16-21-10-6-4-7-11-21)34-29(32-23-12-8-5-9-13-23)36(26)18-22-15-14-20(2)25(31)17-22/h4,6-7,10-11,14-15,17,23-24H,3,5,8-9,12-13,16,18-19H2,1-2H3,(H,32,34)/t24-/m1/s1. The molecule has 0 spiro atoms. The number of carbonyl (C=O) groups excluding carboxylic acids is 1. The molecule has 2 aliphatic heterocycles. The molecule has 1 saturated carbocycles. The molecule has 8 heteroatoms. The van der Waals surface area contributed by atoms with Crippen LogP contribution in [0.5, 0.6) is 0 Å². The topological polar surface area (TPSA) is 65.8 Å². The maximum Gasteiger partial charge on any atom is 0.281 e. The van der Waals surface area contributed by atoms with Crippen LogP contribution in [0.25, 0.3) is 0 Å². The van der Waals surface area contributed by atoms with Gasteiger partial charge in [0, 0.05) is 17.6 Å². The molecule has 3 aromatic rings. The lowest BCUT2D eigenvalue weighted by Crippen LogP contribution is -2.50. The summed E-state index contributed by atoms with van der Waals surface area (Å²) in [7, 11) is 0. The number of aliphatic imine (C=N–C) groups is 1. The summed E-state index contributed by atoms with van der Waals surface area (Å²) in [6, 6.07) is 17.0. The van der Waals surface area contributed by atoms with Crippen molar-refractivity contribution in [1.29, 1.82) is 0 Å². The van der Waals surface area contributed by atoms with Gasteiger partial charge in [-0.15, -0.1) is 0 Å². The van der Waals surface area contributed by atoms with Gasteiger partial charge in [0.25, 0.3) is 5.91 Å². The number of aryl methyl sites for hydroxylation is 1.